The summed E-state index contributed by atoms with van der Waals surface area (Å²) in [5, 5.41) is 8.44. The summed E-state index contributed by atoms with van der Waals surface area (Å²) in [6.45, 7) is 0. The molecular weight excluding hydrogens is 238 g/mol. The predicted molar refractivity (Wildman–Crippen MR) is 60.2 cm³/mol. The summed E-state index contributed by atoms with van der Waals surface area (Å²) in [7, 11) is 0. The summed E-state index contributed by atoms with van der Waals surface area (Å²) < 4.78 is 5.02. The molecule has 0 aliphatic carbocycles. The fourth-order valence-corrected chi connectivity index (χ4v) is 1.49. The van der Waals surface area contributed by atoms with Gasteiger partial charge in [0.25, 0.3) is 0 Å². The number of carboxylic acids is 1. The lowest BCUT2D eigenvalue weighted by molar-refractivity contribution is -0.138. The highest BCUT2D eigenvalue weighted by Crippen LogP contribution is 2.15. The Bertz CT molecular complexity index is 628. The quantitative estimate of drug-likeness (QED) is 0.634. The van der Waals surface area contributed by atoms with Gasteiger partial charge in [0.2, 0.25) is 11.6 Å². The molecule has 0 aliphatic heterocycles. The van der Waals surface area contributed by atoms with Gasteiger partial charge in [-0.2, -0.15) is 0 Å². The molecule has 92 valence electrons. The average molecular weight is 247 g/mol. The first kappa shape index (κ1) is 12.0. The van der Waals surface area contributed by atoms with Gasteiger partial charge in [0.1, 0.15) is 5.52 Å². The van der Waals surface area contributed by atoms with Crippen LogP contribution in [0.5, 0.6) is 0 Å². The largest absolute Gasteiger partial charge is 0.481 e. The summed E-state index contributed by atoms with van der Waals surface area (Å²) in [5.41, 5.74) is 1.17. The maximum atomic E-state index is 11.7. The number of benzene rings is 1. The molecule has 1 heterocycles. The molecule has 0 aliphatic rings. The SMILES string of the molecule is O=C(O)CCC(=O)C(=O)c1ccc2ncoc2c1. The standard InChI is InChI=1S/C12H9NO5/c14-9(3-4-11(15)16)12(17)7-1-2-8-10(5-7)18-6-13-8/h1-2,5-6H,3-4H2,(H,15,16). The summed E-state index contributed by atoms with van der Waals surface area (Å²) in [5.74, 6) is -2.55. The van der Waals surface area contributed by atoms with Crippen LogP contribution in [-0.2, 0) is 9.59 Å². The predicted octanol–water partition coefficient (Wildman–Crippen LogP) is 1.44. The van der Waals surface area contributed by atoms with Gasteiger partial charge in [-0.25, -0.2) is 4.98 Å². The zero-order chi connectivity index (χ0) is 13.1. The van der Waals surface area contributed by atoms with Crippen LogP contribution in [0.25, 0.3) is 11.1 Å². The zero-order valence-corrected chi connectivity index (χ0v) is 9.25. The van der Waals surface area contributed by atoms with E-state index in [1.54, 1.807) is 6.07 Å². The van der Waals surface area contributed by atoms with Crippen molar-refractivity contribution >= 4 is 28.6 Å². The second-order valence-corrected chi connectivity index (χ2v) is 3.68. The number of carbonyl (C=O) groups is 3. The number of oxazole rings is 1. The minimum absolute atomic E-state index is 0.176. The molecule has 6 heteroatoms. The number of nitrogens with zero attached hydrogens (tertiary/aromatic N) is 1. The van der Waals surface area contributed by atoms with E-state index >= 15 is 0 Å². The van der Waals surface area contributed by atoms with E-state index in [1.165, 1.54) is 18.5 Å². The Morgan fingerprint density at radius 3 is 2.72 bits per heavy atom. The molecular formula is C12H9NO5. The van der Waals surface area contributed by atoms with E-state index in [1.807, 2.05) is 0 Å². The Morgan fingerprint density at radius 2 is 2.00 bits per heavy atom. The third kappa shape index (κ3) is 2.42. The molecule has 0 saturated carbocycles. The lowest BCUT2D eigenvalue weighted by atomic mass is 10.0. The minimum Gasteiger partial charge on any atom is -0.481 e. The van der Waals surface area contributed by atoms with E-state index in [-0.39, 0.29) is 18.4 Å². The van der Waals surface area contributed by atoms with Crippen LogP contribution in [0.4, 0.5) is 0 Å². The number of ketones is 2. The number of aromatic nitrogens is 1. The fourth-order valence-electron chi connectivity index (χ4n) is 1.49. The van der Waals surface area contributed by atoms with Crippen molar-refractivity contribution in [3.05, 3.63) is 30.2 Å². The number of carbonyl (C=O) groups excluding carboxylic acids is 2. The van der Waals surface area contributed by atoms with Crippen LogP contribution in [0.3, 0.4) is 0 Å². The first-order valence-corrected chi connectivity index (χ1v) is 5.20. The van der Waals surface area contributed by atoms with E-state index in [4.69, 9.17) is 9.52 Å². The number of aliphatic carboxylic acids is 1. The van der Waals surface area contributed by atoms with Crippen molar-refractivity contribution in [2.24, 2.45) is 0 Å². The maximum absolute atomic E-state index is 11.7. The molecule has 0 bridgehead atoms. The fraction of sp³-hybridized carbons (Fsp3) is 0.167. The van der Waals surface area contributed by atoms with Gasteiger partial charge in [-0.3, -0.25) is 14.4 Å². The second kappa shape index (κ2) is 4.79. The summed E-state index contributed by atoms with van der Waals surface area (Å²) in [6.07, 6.45) is 0.586. The Morgan fingerprint density at radius 1 is 1.22 bits per heavy atom. The van der Waals surface area contributed by atoms with Crippen molar-refractivity contribution in [3.8, 4) is 0 Å². The van der Waals surface area contributed by atoms with Gasteiger partial charge in [0.15, 0.2) is 12.0 Å². The van der Waals surface area contributed by atoms with Crippen molar-refractivity contribution < 1.29 is 23.9 Å². The topological polar surface area (TPSA) is 97.5 Å². The third-order valence-electron chi connectivity index (χ3n) is 2.41. The molecule has 1 aromatic heterocycles. The summed E-state index contributed by atoms with van der Waals surface area (Å²) >= 11 is 0. The van der Waals surface area contributed by atoms with E-state index in [9.17, 15) is 14.4 Å². The highest BCUT2D eigenvalue weighted by Gasteiger charge is 2.18. The molecule has 6 nitrogen and oxygen atoms in total. The van der Waals surface area contributed by atoms with Crippen LogP contribution >= 0.6 is 0 Å². The number of rotatable bonds is 5. The number of carboxylic acid groups (broad SMARTS) is 1. The molecule has 0 atom stereocenters. The Labute approximate surface area is 101 Å². The number of Topliss-reactive ketones (excluding diaryl/α,β-unsaturated/α-hetero) is 2. The Hall–Kier alpha value is -2.50. The van der Waals surface area contributed by atoms with Crippen molar-refractivity contribution in [3.63, 3.8) is 0 Å². The van der Waals surface area contributed by atoms with Gasteiger partial charge in [-0.15, -0.1) is 0 Å². The van der Waals surface area contributed by atoms with Gasteiger partial charge in [-0.05, 0) is 18.2 Å². The Balaban J connectivity index is 2.17. The molecule has 2 aromatic rings. The van der Waals surface area contributed by atoms with E-state index in [0.29, 0.717) is 11.1 Å². The maximum Gasteiger partial charge on any atom is 0.303 e. The normalized spacial score (nSPS) is 10.4. The molecule has 2 rings (SSSR count). The third-order valence-corrected chi connectivity index (χ3v) is 2.41. The molecule has 1 N–H and O–H groups in total. The van der Waals surface area contributed by atoms with Crippen LogP contribution < -0.4 is 0 Å². The van der Waals surface area contributed by atoms with Crippen molar-refractivity contribution in [2.45, 2.75) is 12.8 Å². The van der Waals surface area contributed by atoms with E-state index in [0.717, 1.165) is 0 Å². The lowest BCUT2D eigenvalue weighted by Gasteiger charge is -1.98. The zero-order valence-electron chi connectivity index (χ0n) is 9.25. The average Bonchev–Trinajstić information content (AvgIpc) is 2.81. The smallest absolute Gasteiger partial charge is 0.303 e. The molecule has 0 spiro atoms. The van der Waals surface area contributed by atoms with Crippen molar-refractivity contribution in [1.29, 1.82) is 0 Å². The number of hydrogen-bond acceptors (Lipinski definition) is 5. The van der Waals surface area contributed by atoms with Gasteiger partial charge in [0.05, 0.1) is 6.42 Å². The first-order chi connectivity index (χ1) is 8.58. The van der Waals surface area contributed by atoms with Crippen LogP contribution in [0, 0.1) is 0 Å². The number of hydrogen-bond donors (Lipinski definition) is 1. The van der Waals surface area contributed by atoms with Crippen LogP contribution in [0.1, 0.15) is 23.2 Å². The lowest BCUT2D eigenvalue weighted by Crippen LogP contribution is -2.15. The summed E-state index contributed by atoms with van der Waals surface area (Å²) in [6, 6.07) is 4.45. The molecule has 0 fully saturated rings. The number of fused-ring (bicyclic) bond motifs is 1. The molecule has 1 aromatic carbocycles. The van der Waals surface area contributed by atoms with E-state index in [2.05, 4.69) is 4.98 Å². The van der Waals surface area contributed by atoms with Crippen molar-refractivity contribution in [2.75, 3.05) is 0 Å². The highest BCUT2D eigenvalue weighted by molar-refractivity contribution is 6.44. The van der Waals surface area contributed by atoms with Gasteiger partial charge >= 0.3 is 5.97 Å². The monoisotopic (exact) mass is 247 g/mol. The van der Waals surface area contributed by atoms with E-state index < -0.39 is 17.5 Å². The first-order valence-electron chi connectivity index (χ1n) is 5.20. The molecule has 0 unspecified atom stereocenters. The van der Waals surface area contributed by atoms with Gasteiger partial charge in [-0.1, -0.05) is 0 Å². The molecule has 0 radical (unpaired) electrons. The van der Waals surface area contributed by atoms with Crippen LogP contribution in [0.2, 0.25) is 0 Å². The van der Waals surface area contributed by atoms with Crippen LogP contribution in [-0.4, -0.2) is 27.6 Å². The molecule has 0 saturated heterocycles. The van der Waals surface area contributed by atoms with Gasteiger partial charge < -0.3 is 9.52 Å². The van der Waals surface area contributed by atoms with Gasteiger partial charge in [0, 0.05) is 12.0 Å². The Kier molecular flexibility index (Phi) is 3.18. The van der Waals surface area contributed by atoms with Crippen molar-refractivity contribution in [1.82, 2.24) is 4.98 Å². The summed E-state index contributed by atoms with van der Waals surface area (Å²) in [4.78, 5) is 37.4. The molecule has 18 heavy (non-hydrogen) atoms. The minimum atomic E-state index is -1.11. The molecule has 0 amide bonds. The van der Waals surface area contributed by atoms with Crippen LogP contribution in [0.15, 0.2) is 29.0 Å². The highest BCUT2D eigenvalue weighted by atomic mass is 16.4. The second-order valence-electron chi connectivity index (χ2n) is 3.68.